The van der Waals surface area contributed by atoms with Crippen molar-refractivity contribution in [3.05, 3.63) is 42.0 Å². The maximum absolute atomic E-state index is 2.25. The fourth-order valence-electron chi connectivity index (χ4n) is 1.15. The first-order valence-corrected chi connectivity index (χ1v) is 6.38. The lowest BCUT2D eigenvalue weighted by Crippen LogP contribution is -1.78. The lowest BCUT2D eigenvalue weighted by molar-refractivity contribution is 0.897. The van der Waals surface area contributed by atoms with Gasteiger partial charge in [-0.25, -0.2) is 0 Å². The number of hydrogen-bond donors (Lipinski definition) is 0. The van der Waals surface area contributed by atoms with E-state index in [1.807, 2.05) is 17.8 Å². The number of unbranched alkanes of at least 4 members (excludes halogenated alkanes) is 1. The first-order valence-electron chi connectivity index (χ1n) is 5.23. The smallest absolute Gasteiger partial charge is 0.0116 e. The van der Waals surface area contributed by atoms with Crippen molar-refractivity contribution in [1.82, 2.24) is 0 Å². The van der Waals surface area contributed by atoms with Crippen LogP contribution in [0.5, 0.6) is 0 Å². The van der Waals surface area contributed by atoms with Gasteiger partial charge in [0.15, 0.2) is 0 Å². The molecule has 0 bridgehead atoms. The Bertz CT molecular complexity index is 251. The first kappa shape index (κ1) is 11.4. The lowest BCUT2D eigenvalue weighted by atomic mass is 10.2. The molecular weight excluding hydrogens is 188 g/mol. The van der Waals surface area contributed by atoms with E-state index in [1.165, 1.54) is 24.2 Å². The van der Waals surface area contributed by atoms with E-state index in [2.05, 4.69) is 43.3 Å². The quantitative estimate of drug-likeness (QED) is 0.628. The van der Waals surface area contributed by atoms with Gasteiger partial charge in [0.1, 0.15) is 0 Å². The normalized spacial score (nSPS) is 10.9. The fraction of sp³-hybridized carbons (Fsp3) is 0.385. The van der Waals surface area contributed by atoms with E-state index in [-0.39, 0.29) is 0 Å². The van der Waals surface area contributed by atoms with Crippen molar-refractivity contribution in [3.8, 4) is 0 Å². The van der Waals surface area contributed by atoms with E-state index in [4.69, 9.17) is 0 Å². The third-order valence-corrected chi connectivity index (χ3v) is 2.97. The molecular formula is C13H18S. The molecule has 0 spiro atoms. The molecule has 14 heavy (non-hydrogen) atoms. The Morgan fingerprint density at radius 1 is 1.21 bits per heavy atom. The summed E-state index contributed by atoms with van der Waals surface area (Å²) in [6.07, 6.45) is 7.08. The molecule has 0 saturated heterocycles. The van der Waals surface area contributed by atoms with Crippen molar-refractivity contribution in [2.24, 2.45) is 0 Å². The number of hydrogen-bond acceptors (Lipinski definition) is 1. The van der Waals surface area contributed by atoms with Crippen LogP contribution in [0.2, 0.25) is 0 Å². The molecule has 0 fully saturated rings. The second-order valence-corrected chi connectivity index (χ2v) is 4.39. The summed E-state index contributed by atoms with van der Waals surface area (Å²) in [7, 11) is 0. The highest BCUT2D eigenvalue weighted by atomic mass is 32.2. The SMILES string of the molecule is CCCCSCC=Cc1ccccc1. The summed E-state index contributed by atoms with van der Waals surface area (Å²) in [5, 5.41) is 0. The summed E-state index contributed by atoms with van der Waals surface area (Å²) >= 11 is 2.01. The van der Waals surface area contributed by atoms with Crippen molar-refractivity contribution in [1.29, 1.82) is 0 Å². The number of benzene rings is 1. The molecule has 0 heterocycles. The van der Waals surface area contributed by atoms with Gasteiger partial charge in [0.2, 0.25) is 0 Å². The molecule has 0 atom stereocenters. The van der Waals surface area contributed by atoms with Crippen LogP contribution in [-0.2, 0) is 0 Å². The minimum atomic E-state index is 1.13. The minimum Gasteiger partial charge on any atom is -0.158 e. The van der Waals surface area contributed by atoms with E-state index >= 15 is 0 Å². The van der Waals surface area contributed by atoms with E-state index < -0.39 is 0 Å². The van der Waals surface area contributed by atoms with Gasteiger partial charge in [-0.15, -0.1) is 0 Å². The Morgan fingerprint density at radius 3 is 2.71 bits per heavy atom. The summed E-state index contributed by atoms with van der Waals surface area (Å²) in [6.45, 7) is 2.24. The van der Waals surface area contributed by atoms with Gasteiger partial charge in [0.25, 0.3) is 0 Å². The maximum Gasteiger partial charge on any atom is 0.0116 e. The van der Waals surface area contributed by atoms with Gasteiger partial charge in [-0.1, -0.05) is 55.8 Å². The number of rotatable bonds is 6. The Labute approximate surface area is 91.4 Å². The van der Waals surface area contributed by atoms with Gasteiger partial charge in [0, 0.05) is 5.75 Å². The summed E-state index contributed by atoms with van der Waals surface area (Å²) in [5.74, 6) is 2.42. The molecule has 0 saturated carbocycles. The van der Waals surface area contributed by atoms with Gasteiger partial charge < -0.3 is 0 Å². The average molecular weight is 206 g/mol. The standard InChI is InChI=1S/C13H18S/c1-2-3-11-14-12-7-10-13-8-5-4-6-9-13/h4-10H,2-3,11-12H2,1H3. The highest BCUT2D eigenvalue weighted by Crippen LogP contribution is 2.06. The zero-order valence-electron chi connectivity index (χ0n) is 8.78. The minimum absolute atomic E-state index is 1.13. The zero-order valence-corrected chi connectivity index (χ0v) is 9.59. The van der Waals surface area contributed by atoms with Gasteiger partial charge >= 0.3 is 0 Å². The van der Waals surface area contributed by atoms with Crippen LogP contribution in [-0.4, -0.2) is 11.5 Å². The van der Waals surface area contributed by atoms with Crippen molar-refractivity contribution >= 4 is 17.8 Å². The monoisotopic (exact) mass is 206 g/mol. The largest absolute Gasteiger partial charge is 0.158 e. The van der Waals surface area contributed by atoms with E-state index in [0.717, 1.165) is 5.75 Å². The van der Waals surface area contributed by atoms with E-state index in [9.17, 15) is 0 Å². The fourth-order valence-corrected chi connectivity index (χ4v) is 2.04. The molecule has 0 aliphatic heterocycles. The van der Waals surface area contributed by atoms with Crippen molar-refractivity contribution in [2.75, 3.05) is 11.5 Å². The van der Waals surface area contributed by atoms with E-state index in [1.54, 1.807) is 0 Å². The molecule has 0 amide bonds. The van der Waals surface area contributed by atoms with Crippen LogP contribution in [0.1, 0.15) is 25.3 Å². The molecule has 0 N–H and O–H groups in total. The predicted octanol–water partition coefficient (Wildman–Crippen LogP) is 4.23. The zero-order chi connectivity index (χ0) is 10.1. The van der Waals surface area contributed by atoms with Crippen molar-refractivity contribution in [3.63, 3.8) is 0 Å². The molecule has 1 aromatic carbocycles. The molecule has 1 aromatic rings. The molecule has 0 aromatic heterocycles. The van der Waals surface area contributed by atoms with Crippen LogP contribution in [0.25, 0.3) is 6.08 Å². The molecule has 1 rings (SSSR count). The van der Waals surface area contributed by atoms with Gasteiger partial charge in [-0.05, 0) is 17.7 Å². The molecule has 0 aliphatic rings. The van der Waals surface area contributed by atoms with Crippen LogP contribution >= 0.6 is 11.8 Å². The molecule has 76 valence electrons. The second-order valence-electron chi connectivity index (χ2n) is 3.24. The van der Waals surface area contributed by atoms with Crippen LogP contribution in [0, 0.1) is 0 Å². The van der Waals surface area contributed by atoms with E-state index in [0.29, 0.717) is 0 Å². The maximum atomic E-state index is 2.25. The first-order chi connectivity index (χ1) is 6.93. The Kier molecular flexibility index (Phi) is 6.25. The summed E-state index contributed by atoms with van der Waals surface area (Å²) < 4.78 is 0. The molecule has 0 nitrogen and oxygen atoms in total. The van der Waals surface area contributed by atoms with Crippen LogP contribution in [0.3, 0.4) is 0 Å². The van der Waals surface area contributed by atoms with Crippen LogP contribution in [0.15, 0.2) is 36.4 Å². The highest BCUT2D eigenvalue weighted by molar-refractivity contribution is 7.99. The van der Waals surface area contributed by atoms with Crippen LogP contribution in [0.4, 0.5) is 0 Å². The summed E-state index contributed by atoms with van der Waals surface area (Å²) in [4.78, 5) is 0. The van der Waals surface area contributed by atoms with Gasteiger partial charge in [-0.2, -0.15) is 11.8 Å². The summed E-state index contributed by atoms with van der Waals surface area (Å²) in [6, 6.07) is 10.5. The lowest BCUT2D eigenvalue weighted by Gasteiger charge is -1.95. The molecule has 0 unspecified atom stereocenters. The Hall–Kier alpha value is -0.690. The summed E-state index contributed by atoms with van der Waals surface area (Å²) in [5.41, 5.74) is 1.29. The average Bonchev–Trinajstić information content (AvgIpc) is 2.25. The second kappa shape index (κ2) is 7.69. The van der Waals surface area contributed by atoms with Crippen LogP contribution < -0.4 is 0 Å². The molecule has 1 heteroatoms. The molecule has 0 aliphatic carbocycles. The van der Waals surface area contributed by atoms with Gasteiger partial charge in [-0.3, -0.25) is 0 Å². The van der Waals surface area contributed by atoms with Gasteiger partial charge in [0.05, 0.1) is 0 Å². The third kappa shape index (κ3) is 5.13. The Morgan fingerprint density at radius 2 is 2.00 bits per heavy atom. The Balaban J connectivity index is 2.15. The molecule has 0 radical (unpaired) electrons. The predicted molar refractivity (Wildman–Crippen MR) is 67.7 cm³/mol. The highest BCUT2D eigenvalue weighted by Gasteiger charge is 1.85. The van der Waals surface area contributed by atoms with Crippen molar-refractivity contribution < 1.29 is 0 Å². The van der Waals surface area contributed by atoms with Crippen molar-refractivity contribution in [2.45, 2.75) is 19.8 Å². The number of thioether (sulfide) groups is 1. The third-order valence-electron chi connectivity index (χ3n) is 1.97. The topological polar surface area (TPSA) is 0 Å².